The fourth-order valence-corrected chi connectivity index (χ4v) is 0.172. The number of amidine groups is 1. The molecule has 0 radical (unpaired) electrons. The summed E-state index contributed by atoms with van der Waals surface area (Å²) in [5, 5.41) is 6.57. The van der Waals surface area contributed by atoms with Gasteiger partial charge in [0.1, 0.15) is 5.84 Å². The molecule has 0 aliphatic heterocycles. The van der Waals surface area contributed by atoms with E-state index in [1.165, 1.54) is 0 Å². The van der Waals surface area contributed by atoms with Gasteiger partial charge in [-0.3, -0.25) is 10.2 Å². The number of nitrogens with one attached hydrogen (secondary N) is 1. The highest BCUT2D eigenvalue weighted by molar-refractivity contribution is 5.96. The molecule has 44 valence electrons. The summed E-state index contributed by atoms with van der Waals surface area (Å²) in [6.07, 6.45) is 2.16. The fourth-order valence-electron chi connectivity index (χ4n) is 0.172. The number of hydrogen-bond donors (Lipinski definition) is 3. The van der Waals surface area contributed by atoms with Gasteiger partial charge in [-0.05, 0) is 6.08 Å². The Morgan fingerprint density at radius 2 is 1.88 bits per heavy atom. The highest BCUT2D eigenvalue weighted by Gasteiger charge is 1.80. The third-order valence-electron chi connectivity index (χ3n) is 0.427. The van der Waals surface area contributed by atoms with Crippen LogP contribution < -0.4 is 11.5 Å². The summed E-state index contributed by atoms with van der Waals surface area (Å²) in [6.45, 7) is 0. The molecule has 0 aromatic rings. The Hall–Kier alpha value is -1.32. The van der Waals surface area contributed by atoms with Gasteiger partial charge in [0.25, 0.3) is 0 Å². The van der Waals surface area contributed by atoms with E-state index in [1.807, 2.05) is 0 Å². The van der Waals surface area contributed by atoms with Crippen LogP contribution in [0.2, 0.25) is 0 Å². The van der Waals surface area contributed by atoms with Crippen LogP contribution in [0, 0.1) is 5.41 Å². The number of primary amides is 1. The second kappa shape index (κ2) is 2.79. The molecule has 0 aromatic carbocycles. The third-order valence-corrected chi connectivity index (χ3v) is 0.427. The van der Waals surface area contributed by atoms with E-state index in [0.29, 0.717) is 0 Å². The van der Waals surface area contributed by atoms with Crippen LogP contribution in [0.15, 0.2) is 12.2 Å². The van der Waals surface area contributed by atoms with Crippen LogP contribution in [0.25, 0.3) is 0 Å². The second-order valence-electron chi connectivity index (χ2n) is 1.19. The van der Waals surface area contributed by atoms with Crippen molar-refractivity contribution in [1.82, 2.24) is 0 Å². The lowest BCUT2D eigenvalue weighted by atomic mass is 10.4. The van der Waals surface area contributed by atoms with Gasteiger partial charge in [0, 0.05) is 6.08 Å². The molecule has 0 atom stereocenters. The number of amides is 1. The molecule has 0 aromatic heterocycles. The van der Waals surface area contributed by atoms with Gasteiger partial charge in [-0.2, -0.15) is 0 Å². The minimum atomic E-state index is -0.597. The van der Waals surface area contributed by atoms with Crippen LogP contribution in [0.4, 0.5) is 0 Å². The van der Waals surface area contributed by atoms with Crippen molar-refractivity contribution >= 4 is 11.7 Å². The molecule has 4 heteroatoms. The van der Waals surface area contributed by atoms with Gasteiger partial charge in [0.2, 0.25) is 5.91 Å². The van der Waals surface area contributed by atoms with Crippen molar-refractivity contribution < 1.29 is 4.79 Å². The summed E-state index contributed by atoms with van der Waals surface area (Å²) in [7, 11) is 0. The molecular formula is C4H7N3O. The molecule has 5 N–H and O–H groups in total. The first kappa shape index (κ1) is 6.68. The Kier molecular flexibility index (Phi) is 2.33. The van der Waals surface area contributed by atoms with E-state index in [4.69, 9.17) is 11.1 Å². The van der Waals surface area contributed by atoms with E-state index in [1.54, 1.807) is 0 Å². The van der Waals surface area contributed by atoms with Gasteiger partial charge in [-0.25, -0.2) is 0 Å². The lowest BCUT2D eigenvalue weighted by Gasteiger charge is -1.79. The highest BCUT2D eigenvalue weighted by atomic mass is 16.1. The zero-order chi connectivity index (χ0) is 6.57. The van der Waals surface area contributed by atoms with Crippen molar-refractivity contribution in [3.8, 4) is 0 Å². The Morgan fingerprint density at radius 3 is 2.00 bits per heavy atom. The van der Waals surface area contributed by atoms with E-state index in [9.17, 15) is 4.79 Å². The van der Waals surface area contributed by atoms with Crippen LogP contribution in [-0.4, -0.2) is 11.7 Å². The Balaban J connectivity index is 3.67. The third kappa shape index (κ3) is 4.68. The Morgan fingerprint density at radius 1 is 1.38 bits per heavy atom. The monoisotopic (exact) mass is 113 g/mol. The van der Waals surface area contributed by atoms with Crippen molar-refractivity contribution in [2.45, 2.75) is 0 Å². The number of carbonyl (C=O) groups excluding carboxylic acids is 1. The first-order valence-electron chi connectivity index (χ1n) is 1.94. The maximum Gasteiger partial charge on any atom is 0.241 e. The number of nitrogens with two attached hydrogens (primary N) is 2. The largest absolute Gasteiger partial charge is 0.384 e. The van der Waals surface area contributed by atoms with Gasteiger partial charge in [-0.15, -0.1) is 0 Å². The molecular weight excluding hydrogens is 106 g/mol. The first-order chi connectivity index (χ1) is 3.63. The van der Waals surface area contributed by atoms with Crippen molar-refractivity contribution in [3.05, 3.63) is 12.2 Å². The van der Waals surface area contributed by atoms with Crippen LogP contribution in [-0.2, 0) is 4.79 Å². The summed E-state index contributed by atoms with van der Waals surface area (Å²) >= 11 is 0. The zero-order valence-electron chi connectivity index (χ0n) is 4.22. The van der Waals surface area contributed by atoms with Crippen molar-refractivity contribution in [1.29, 1.82) is 5.41 Å². The van der Waals surface area contributed by atoms with E-state index >= 15 is 0 Å². The Labute approximate surface area is 46.7 Å². The highest BCUT2D eigenvalue weighted by Crippen LogP contribution is 1.66. The maximum absolute atomic E-state index is 9.89. The topological polar surface area (TPSA) is 93.0 Å². The zero-order valence-corrected chi connectivity index (χ0v) is 4.22. The number of carbonyl (C=O) groups is 1. The van der Waals surface area contributed by atoms with Crippen molar-refractivity contribution in [2.75, 3.05) is 0 Å². The number of rotatable bonds is 2. The SMILES string of the molecule is N=C(N)/C=C\C(N)=O. The van der Waals surface area contributed by atoms with Gasteiger partial charge in [-0.1, -0.05) is 0 Å². The molecule has 0 heterocycles. The molecule has 0 bridgehead atoms. The minimum Gasteiger partial charge on any atom is -0.384 e. The molecule has 0 rings (SSSR count). The summed E-state index contributed by atoms with van der Waals surface area (Å²) in [4.78, 5) is 9.89. The molecule has 0 spiro atoms. The quantitative estimate of drug-likeness (QED) is 0.242. The predicted octanol–water partition coefficient (Wildman–Crippen LogP) is -1.04. The number of hydrogen-bond acceptors (Lipinski definition) is 2. The maximum atomic E-state index is 9.89. The molecule has 0 unspecified atom stereocenters. The van der Waals surface area contributed by atoms with Gasteiger partial charge in [0.05, 0.1) is 0 Å². The summed E-state index contributed by atoms with van der Waals surface area (Å²) in [6, 6.07) is 0. The molecule has 0 fully saturated rings. The lowest BCUT2D eigenvalue weighted by Crippen LogP contribution is -2.10. The van der Waals surface area contributed by atoms with Gasteiger partial charge in [0.15, 0.2) is 0 Å². The Bertz CT molecular complexity index is 122. The molecule has 0 aliphatic carbocycles. The summed E-state index contributed by atoms with van der Waals surface area (Å²) in [5.41, 5.74) is 9.49. The van der Waals surface area contributed by atoms with E-state index in [0.717, 1.165) is 12.2 Å². The fraction of sp³-hybridized carbons (Fsp3) is 0. The van der Waals surface area contributed by atoms with Crippen LogP contribution in [0.5, 0.6) is 0 Å². The van der Waals surface area contributed by atoms with Crippen molar-refractivity contribution in [3.63, 3.8) is 0 Å². The molecule has 0 saturated carbocycles. The summed E-state index contributed by atoms with van der Waals surface area (Å²) < 4.78 is 0. The van der Waals surface area contributed by atoms with Gasteiger partial charge < -0.3 is 11.5 Å². The first-order valence-corrected chi connectivity index (χ1v) is 1.94. The van der Waals surface area contributed by atoms with Crippen molar-refractivity contribution in [2.24, 2.45) is 11.5 Å². The molecule has 0 saturated heterocycles. The molecule has 1 amide bonds. The molecule has 4 nitrogen and oxygen atoms in total. The van der Waals surface area contributed by atoms with E-state index in [-0.39, 0.29) is 5.84 Å². The second-order valence-corrected chi connectivity index (χ2v) is 1.19. The smallest absolute Gasteiger partial charge is 0.241 e. The minimum absolute atomic E-state index is 0.177. The average molecular weight is 113 g/mol. The van der Waals surface area contributed by atoms with E-state index in [2.05, 4.69) is 5.73 Å². The van der Waals surface area contributed by atoms with E-state index < -0.39 is 5.91 Å². The standard InChI is InChI=1S/C4H7N3O/c5-3(6)1-2-4(7)8/h1-2H,(H3,5,6)(H2,7,8)/b2-1-. The van der Waals surface area contributed by atoms with Crippen LogP contribution in [0.1, 0.15) is 0 Å². The predicted molar refractivity (Wildman–Crippen MR) is 30.2 cm³/mol. The van der Waals surface area contributed by atoms with Crippen LogP contribution in [0.3, 0.4) is 0 Å². The van der Waals surface area contributed by atoms with Gasteiger partial charge >= 0.3 is 0 Å². The molecule has 8 heavy (non-hydrogen) atoms. The summed E-state index contributed by atoms with van der Waals surface area (Å²) in [5.74, 6) is -0.774. The average Bonchev–Trinajstić information content (AvgIpc) is 1.61. The van der Waals surface area contributed by atoms with Crippen LogP contribution >= 0.6 is 0 Å². The molecule has 0 aliphatic rings. The lowest BCUT2D eigenvalue weighted by molar-refractivity contribution is -0.113. The normalized spacial score (nSPS) is 9.50.